The highest BCUT2D eigenvalue weighted by atomic mass is 32.1. The van der Waals surface area contributed by atoms with E-state index in [1.165, 1.54) is 17.7 Å². The van der Waals surface area contributed by atoms with Gasteiger partial charge in [-0.25, -0.2) is 0 Å². The molecular formula is C9H10OS. The Morgan fingerprint density at radius 3 is 2.91 bits per heavy atom. The molecule has 0 saturated heterocycles. The Kier molecular flexibility index (Phi) is 1.78. The van der Waals surface area contributed by atoms with Crippen LogP contribution in [-0.2, 0) is 12.8 Å². The third-order valence-corrected chi connectivity index (χ3v) is 3.15. The normalized spacial score (nSPS) is 16.0. The molecule has 0 N–H and O–H groups in total. The van der Waals surface area contributed by atoms with E-state index in [4.69, 9.17) is 0 Å². The third kappa shape index (κ3) is 1.23. The second kappa shape index (κ2) is 2.78. The molecule has 11 heavy (non-hydrogen) atoms. The van der Waals surface area contributed by atoms with Gasteiger partial charge in [0, 0.05) is 10.4 Å². The van der Waals surface area contributed by atoms with Gasteiger partial charge in [-0.1, -0.05) is 0 Å². The van der Waals surface area contributed by atoms with Crippen LogP contribution in [0.2, 0.25) is 0 Å². The molecule has 1 nitrogen and oxygen atoms in total. The van der Waals surface area contributed by atoms with Gasteiger partial charge in [0.05, 0.1) is 0 Å². The van der Waals surface area contributed by atoms with Crippen LogP contribution in [0.15, 0.2) is 16.2 Å². The van der Waals surface area contributed by atoms with Crippen LogP contribution in [0.3, 0.4) is 0 Å². The van der Waals surface area contributed by atoms with E-state index in [9.17, 15) is 4.79 Å². The minimum atomic E-state index is 0.249. The van der Waals surface area contributed by atoms with Gasteiger partial charge in [0.1, 0.15) is 0 Å². The lowest BCUT2D eigenvalue weighted by molar-refractivity contribution is 0.691. The van der Waals surface area contributed by atoms with Crippen molar-refractivity contribution in [1.29, 1.82) is 0 Å². The first kappa shape index (κ1) is 7.04. The van der Waals surface area contributed by atoms with Crippen molar-refractivity contribution >= 4 is 11.3 Å². The highest BCUT2D eigenvalue weighted by Crippen LogP contribution is 2.20. The van der Waals surface area contributed by atoms with Crippen LogP contribution in [0.25, 0.3) is 0 Å². The summed E-state index contributed by atoms with van der Waals surface area (Å²) in [5.74, 6) is 0. The van der Waals surface area contributed by atoms with E-state index in [2.05, 4.69) is 0 Å². The van der Waals surface area contributed by atoms with Crippen molar-refractivity contribution in [3.63, 3.8) is 0 Å². The molecule has 0 atom stereocenters. The Morgan fingerprint density at radius 2 is 2.09 bits per heavy atom. The molecule has 58 valence electrons. The third-order valence-electron chi connectivity index (χ3n) is 2.14. The van der Waals surface area contributed by atoms with Gasteiger partial charge >= 0.3 is 0 Å². The minimum absolute atomic E-state index is 0.249. The van der Waals surface area contributed by atoms with Gasteiger partial charge in [0.25, 0.3) is 0 Å². The summed E-state index contributed by atoms with van der Waals surface area (Å²) >= 11 is 1.73. The molecule has 0 radical (unpaired) electrons. The van der Waals surface area contributed by atoms with E-state index in [1.54, 1.807) is 17.4 Å². The highest BCUT2D eigenvalue weighted by molar-refractivity contribution is 7.09. The van der Waals surface area contributed by atoms with Crippen molar-refractivity contribution in [2.75, 3.05) is 0 Å². The van der Waals surface area contributed by atoms with E-state index >= 15 is 0 Å². The molecule has 0 aromatic carbocycles. The van der Waals surface area contributed by atoms with Crippen LogP contribution >= 0.6 is 11.3 Å². The van der Waals surface area contributed by atoms with E-state index < -0.39 is 0 Å². The summed E-state index contributed by atoms with van der Waals surface area (Å²) in [5, 5.41) is 1.91. The van der Waals surface area contributed by atoms with Gasteiger partial charge < -0.3 is 0 Å². The summed E-state index contributed by atoms with van der Waals surface area (Å²) in [7, 11) is 0. The van der Waals surface area contributed by atoms with Crippen molar-refractivity contribution in [2.45, 2.75) is 25.7 Å². The first-order valence-corrected chi connectivity index (χ1v) is 4.85. The fourth-order valence-corrected chi connectivity index (χ4v) is 2.51. The molecule has 0 unspecified atom stereocenters. The molecule has 2 heteroatoms. The smallest absolute Gasteiger partial charge is 0.183 e. The van der Waals surface area contributed by atoms with Gasteiger partial charge in [-0.3, -0.25) is 4.79 Å². The summed E-state index contributed by atoms with van der Waals surface area (Å²) in [6.45, 7) is 0. The summed E-state index contributed by atoms with van der Waals surface area (Å²) in [6, 6.07) is 1.69. The minimum Gasteiger partial charge on any atom is -0.290 e. The van der Waals surface area contributed by atoms with Crippen LogP contribution < -0.4 is 5.43 Å². The number of hydrogen-bond acceptors (Lipinski definition) is 2. The van der Waals surface area contributed by atoms with Gasteiger partial charge in [-0.2, -0.15) is 0 Å². The average molecular weight is 166 g/mol. The first-order chi connectivity index (χ1) is 5.38. The predicted molar refractivity (Wildman–Crippen MR) is 47.2 cm³/mol. The molecule has 1 aliphatic rings. The molecule has 0 amide bonds. The lowest BCUT2D eigenvalue weighted by Gasteiger charge is -2.12. The monoisotopic (exact) mass is 166 g/mol. The summed E-state index contributed by atoms with van der Waals surface area (Å²) in [4.78, 5) is 12.6. The quantitative estimate of drug-likeness (QED) is 0.576. The van der Waals surface area contributed by atoms with Gasteiger partial charge in [-0.15, -0.1) is 11.3 Å². The van der Waals surface area contributed by atoms with Crippen LogP contribution in [0.1, 0.15) is 23.3 Å². The van der Waals surface area contributed by atoms with Crippen LogP contribution in [0.4, 0.5) is 0 Å². The van der Waals surface area contributed by atoms with E-state index in [0.717, 1.165) is 18.4 Å². The molecule has 1 aliphatic carbocycles. The molecule has 1 heterocycles. The molecule has 0 saturated carbocycles. The van der Waals surface area contributed by atoms with Crippen LogP contribution in [-0.4, -0.2) is 0 Å². The summed E-state index contributed by atoms with van der Waals surface area (Å²) in [6.07, 6.45) is 4.58. The Morgan fingerprint density at radius 1 is 1.27 bits per heavy atom. The number of fused-ring (bicyclic) bond motifs is 1. The molecule has 0 aliphatic heterocycles. The Labute approximate surface area is 69.7 Å². The number of aryl methyl sites for hydroxylation is 1. The zero-order chi connectivity index (χ0) is 7.68. The summed E-state index contributed by atoms with van der Waals surface area (Å²) in [5.41, 5.74) is 1.34. The second-order valence-electron chi connectivity index (χ2n) is 2.89. The maximum atomic E-state index is 11.3. The summed E-state index contributed by atoms with van der Waals surface area (Å²) < 4.78 is 0. The van der Waals surface area contributed by atoms with Gasteiger partial charge in [0.2, 0.25) is 0 Å². The van der Waals surface area contributed by atoms with Crippen molar-refractivity contribution in [2.24, 2.45) is 0 Å². The van der Waals surface area contributed by atoms with Crippen LogP contribution in [0.5, 0.6) is 0 Å². The predicted octanol–water partition coefficient (Wildman–Crippen LogP) is 1.99. The van der Waals surface area contributed by atoms with Crippen molar-refractivity contribution in [1.82, 2.24) is 0 Å². The van der Waals surface area contributed by atoms with Gasteiger partial charge in [0.15, 0.2) is 5.43 Å². The zero-order valence-corrected chi connectivity index (χ0v) is 7.12. The molecule has 1 aromatic heterocycles. The topological polar surface area (TPSA) is 17.1 Å². The lowest BCUT2D eigenvalue weighted by Crippen LogP contribution is -2.13. The molecule has 0 spiro atoms. The van der Waals surface area contributed by atoms with E-state index in [1.807, 2.05) is 5.38 Å². The fourth-order valence-electron chi connectivity index (χ4n) is 1.55. The molecule has 2 rings (SSSR count). The first-order valence-electron chi connectivity index (χ1n) is 3.97. The molecule has 1 aromatic rings. The maximum absolute atomic E-state index is 11.3. The van der Waals surface area contributed by atoms with E-state index in [-0.39, 0.29) is 5.43 Å². The lowest BCUT2D eigenvalue weighted by atomic mass is 9.99. The number of rotatable bonds is 0. The van der Waals surface area contributed by atoms with Crippen molar-refractivity contribution in [3.8, 4) is 0 Å². The Bertz CT molecular complexity index is 314. The molecule has 0 bridgehead atoms. The van der Waals surface area contributed by atoms with E-state index in [0.29, 0.717) is 0 Å². The maximum Gasteiger partial charge on any atom is 0.183 e. The zero-order valence-electron chi connectivity index (χ0n) is 6.30. The molecular weight excluding hydrogens is 156 g/mol. The second-order valence-corrected chi connectivity index (χ2v) is 3.89. The molecule has 0 fully saturated rings. The number of hydrogen-bond donors (Lipinski definition) is 0. The average Bonchev–Trinajstić information content (AvgIpc) is 2.06. The Balaban J connectivity index is 2.58. The standard InChI is InChI=1S/C9H10OS/c10-8-5-6-11-9-4-2-1-3-7(8)9/h5-6H,1-4H2. The largest absolute Gasteiger partial charge is 0.290 e. The Hall–Kier alpha value is -0.630. The van der Waals surface area contributed by atoms with Crippen LogP contribution in [0, 0.1) is 0 Å². The fraction of sp³-hybridized carbons (Fsp3) is 0.444. The van der Waals surface area contributed by atoms with Crippen molar-refractivity contribution < 1.29 is 0 Å². The van der Waals surface area contributed by atoms with Crippen molar-refractivity contribution in [3.05, 3.63) is 32.1 Å². The SMILES string of the molecule is O=c1ccsc2c1CCCC2. The highest BCUT2D eigenvalue weighted by Gasteiger charge is 2.11. The van der Waals surface area contributed by atoms with Gasteiger partial charge in [-0.05, 0) is 37.1 Å².